The largest absolute Gasteiger partial charge is 0.497 e. The van der Waals surface area contributed by atoms with Crippen LogP contribution >= 0.6 is 0 Å². The monoisotopic (exact) mass is 311 g/mol. The molecule has 0 saturated heterocycles. The SMILES string of the molecule is COc1ccc(C(=O)NCCCc2cnc3ncnn3c2)cc1. The van der Waals surface area contributed by atoms with E-state index in [1.54, 1.807) is 42.1 Å². The molecule has 0 aliphatic heterocycles. The van der Waals surface area contributed by atoms with Crippen molar-refractivity contribution < 1.29 is 9.53 Å². The van der Waals surface area contributed by atoms with Crippen LogP contribution in [0.2, 0.25) is 0 Å². The lowest BCUT2D eigenvalue weighted by molar-refractivity contribution is 0.0953. The second-order valence-corrected chi connectivity index (χ2v) is 5.05. The van der Waals surface area contributed by atoms with Crippen molar-refractivity contribution in [3.63, 3.8) is 0 Å². The van der Waals surface area contributed by atoms with Crippen LogP contribution in [0, 0.1) is 0 Å². The first-order chi connectivity index (χ1) is 11.3. The van der Waals surface area contributed by atoms with Gasteiger partial charge in [0.15, 0.2) is 0 Å². The van der Waals surface area contributed by atoms with Crippen molar-refractivity contribution in [3.05, 3.63) is 54.1 Å². The number of ether oxygens (including phenoxy) is 1. The van der Waals surface area contributed by atoms with E-state index in [4.69, 9.17) is 4.74 Å². The Labute approximate surface area is 133 Å². The van der Waals surface area contributed by atoms with Gasteiger partial charge in [0.1, 0.15) is 12.1 Å². The summed E-state index contributed by atoms with van der Waals surface area (Å²) in [5.41, 5.74) is 1.68. The van der Waals surface area contributed by atoms with Gasteiger partial charge in [0.05, 0.1) is 7.11 Å². The fourth-order valence-electron chi connectivity index (χ4n) is 2.23. The Bertz CT molecular complexity index is 798. The van der Waals surface area contributed by atoms with E-state index in [2.05, 4.69) is 20.4 Å². The fraction of sp³-hybridized carbons (Fsp3) is 0.250. The highest BCUT2D eigenvalue weighted by Gasteiger charge is 2.05. The van der Waals surface area contributed by atoms with E-state index < -0.39 is 0 Å². The lowest BCUT2D eigenvalue weighted by Crippen LogP contribution is -2.24. The Morgan fingerprint density at radius 2 is 2.09 bits per heavy atom. The van der Waals surface area contributed by atoms with Gasteiger partial charge in [-0.25, -0.2) is 9.50 Å². The molecule has 23 heavy (non-hydrogen) atoms. The molecule has 0 bridgehead atoms. The number of amides is 1. The van der Waals surface area contributed by atoms with E-state index in [1.165, 1.54) is 6.33 Å². The standard InChI is InChI=1S/C16H17N5O2/c1-23-14-6-4-13(5-7-14)15(22)17-8-2-3-12-9-18-16-19-11-20-21(16)10-12/h4-7,9-11H,2-3,8H2,1H3,(H,17,22). The van der Waals surface area contributed by atoms with Gasteiger partial charge < -0.3 is 10.1 Å². The molecule has 2 aromatic heterocycles. The number of hydrogen-bond acceptors (Lipinski definition) is 5. The van der Waals surface area contributed by atoms with Crippen LogP contribution in [0.4, 0.5) is 0 Å². The van der Waals surface area contributed by atoms with Crippen molar-refractivity contribution in [1.29, 1.82) is 0 Å². The van der Waals surface area contributed by atoms with Crippen LogP contribution in [-0.2, 0) is 6.42 Å². The third-order valence-corrected chi connectivity index (χ3v) is 3.47. The molecular formula is C16H17N5O2. The molecule has 1 N–H and O–H groups in total. The van der Waals surface area contributed by atoms with E-state index in [0.717, 1.165) is 24.2 Å². The lowest BCUT2D eigenvalue weighted by atomic mass is 10.2. The number of methoxy groups -OCH3 is 1. The number of benzene rings is 1. The maximum Gasteiger partial charge on any atom is 0.252 e. The quantitative estimate of drug-likeness (QED) is 0.698. The predicted molar refractivity (Wildman–Crippen MR) is 84.4 cm³/mol. The van der Waals surface area contributed by atoms with Gasteiger partial charge in [-0.1, -0.05) is 0 Å². The molecule has 0 unspecified atom stereocenters. The molecule has 7 heteroatoms. The minimum absolute atomic E-state index is 0.0856. The highest BCUT2D eigenvalue weighted by molar-refractivity contribution is 5.94. The van der Waals surface area contributed by atoms with E-state index in [1.807, 2.05) is 6.20 Å². The molecule has 0 radical (unpaired) electrons. The number of rotatable bonds is 6. The van der Waals surface area contributed by atoms with Crippen LogP contribution in [0.5, 0.6) is 5.75 Å². The van der Waals surface area contributed by atoms with Crippen molar-refractivity contribution in [2.24, 2.45) is 0 Å². The maximum atomic E-state index is 12.0. The summed E-state index contributed by atoms with van der Waals surface area (Å²) >= 11 is 0. The molecule has 1 aromatic carbocycles. The zero-order chi connectivity index (χ0) is 16.1. The van der Waals surface area contributed by atoms with Gasteiger partial charge >= 0.3 is 0 Å². The number of nitrogens with zero attached hydrogens (tertiary/aromatic N) is 4. The van der Waals surface area contributed by atoms with Gasteiger partial charge in [0.25, 0.3) is 11.7 Å². The maximum absolute atomic E-state index is 12.0. The summed E-state index contributed by atoms with van der Waals surface area (Å²) in [6, 6.07) is 7.04. The van der Waals surface area contributed by atoms with E-state index in [9.17, 15) is 4.79 Å². The van der Waals surface area contributed by atoms with Crippen LogP contribution in [0.25, 0.3) is 5.78 Å². The number of aromatic nitrogens is 4. The molecule has 0 spiro atoms. The van der Waals surface area contributed by atoms with E-state index in [-0.39, 0.29) is 5.91 Å². The summed E-state index contributed by atoms with van der Waals surface area (Å²) < 4.78 is 6.72. The molecule has 0 aliphatic carbocycles. The predicted octanol–water partition coefficient (Wildman–Crippen LogP) is 1.50. The summed E-state index contributed by atoms with van der Waals surface area (Å²) in [6.45, 7) is 0.597. The summed E-state index contributed by atoms with van der Waals surface area (Å²) in [6.07, 6.45) is 6.80. The number of aryl methyl sites for hydroxylation is 1. The fourth-order valence-corrected chi connectivity index (χ4v) is 2.23. The average Bonchev–Trinajstić information content (AvgIpc) is 3.06. The van der Waals surface area contributed by atoms with Crippen molar-refractivity contribution in [3.8, 4) is 5.75 Å². The highest BCUT2D eigenvalue weighted by atomic mass is 16.5. The lowest BCUT2D eigenvalue weighted by Gasteiger charge is -2.06. The zero-order valence-electron chi connectivity index (χ0n) is 12.8. The van der Waals surface area contributed by atoms with Crippen LogP contribution in [0.1, 0.15) is 22.3 Å². The highest BCUT2D eigenvalue weighted by Crippen LogP contribution is 2.11. The first kappa shape index (κ1) is 15.0. The second kappa shape index (κ2) is 6.87. The third kappa shape index (κ3) is 3.63. The smallest absolute Gasteiger partial charge is 0.252 e. The summed E-state index contributed by atoms with van der Waals surface area (Å²) in [4.78, 5) is 20.2. The van der Waals surface area contributed by atoms with Crippen molar-refractivity contribution in [1.82, 2.24) is 24.9 Å². The van der Waals surface area contributed by atoms with Crippen molar-refractivity contribution in [2.45, 2.75) is 12.8 Å². The zero-order valence-corrected chi connectivity index (χ0v) is 12.8. The second-order valence-electron chi connectivity index (χ2n) is 5.05. The molecular weight excluding hydrogens is 294 g/mol. The van der Waals surface area contributed by atoms with Gasteiger partial charge in [-0.2, -0.15) is 10.1 Å². The molecule has 118 valence electrons. The van der Waals surface area contributed by atoms with Gasteiger partial charge in [0, 0.05) is 24.5 Å². The topological polar surface area (TPSA) is 81.4 Å². The number of fused-ring (bicyclic) bond motifs is 1. The van der Waals surface area contributed by atoms with Crippen molar-refractivity contribution in [2.75, 3.05) is 13.7 Å². The van der Waals surface area contributed by atoms with Gasteiger partial charge in [-0.05, 0) is 42.7 Å². The van der Waals surface area contributed by atoms with Crippen LogP contribution < -0.4 is 10.1 Å². The molecule has 0 atom stereocenters. The van der Waals surface area contributed by atoms with Crippen LogP contribution in [-0.4, -0.2) is 39.1 Å². The minimum atomic E-state index is -0.0856. The minimum Gasteiger partial charge on any atom is -0.497 e. The number of carbonyl (C=O) groups excluding carboxylic acids is 1. The van der Waals surface area contributed by atoms with Gasteiger partial charge in [-0.3, -0.25) is 4.79 Å². The molecule has 1 amide bonds. The Kier molecular flexibility index (Phi) is 4.46. The molecule has 3 aromatic rings. The van der Waals surface area contributed by atoms with E-state index in [0.29, 0.717) is 17.9 Å². The summed E-state index contributed by atoms with van der Waals surface area (Å²) in [5.74, 6) is 1.23. The Balaban J connectivity index is 1.47. The van der Waals surface area contributed by atoms with E-state index >= 15 is 0 Å². The number of hydrogen-bond donors (Lipinski definition) is 1. The molecule has 2 heterocycles. The molecule has 0 aliphatic rings. The Hall–Kier alpha value is -2.96. The number of nitrogens with one attached hydrogen (secondary N) is 1. The summed E-state index contributed by atoms with van der Waals surface area (Å²) in [5, 5.41) is 6.96. The first-order valence-corrected chi connectivity index (χ1v) is 7.33. The Morgan fingerprint density at radius 1 is 1.26 bits per heavy atom. The van der Waals surface area contributed by atoms with Crippen molar-refractivity contribution >= 4 is 11.7 Å². The normalized spacial score (nSPS) is 10.7. The number of carbonyl (C=O) groups is 1. The average molecular weight is 311 g/mol. The van der Waals surface area contributed by atoms with Gasteiger partial charge in [0.2, 0.25) is 0 Å². The first-order valence-electron chi connectivity index (χ1n) is 7.33. The van der Waals surface area contributed by atoms with Crippen LogP contribution in [0.15, 0.2) is 43.0 Å². The summed E-state index contributed by atoms with van der Waals surface area (Å²) in [7, 11) is 1.60. The van der Waals surface area contributed by atoms with Crippen LogP contribution in [0.3, 0.4) is 0 Å². The third-order valence-electron chi connectivity index (χ3n) is 3.47. The molecule has 3 rings (SSSR count). The molecule has 0 fully saturated rings. The van der Waals surface area contributed by atoms with Gasteiger partial charge in [-0.15, -0.1) is 0 Å². The molecule has 0 saturated carbocycles. The Morgan fingerprint density at radius 3 is 2.87 bits per heavy atom. The molecule has 7 nitrogen and oxygen atoms in total.